The highest BCUT2D eigenvalue weighted by Crippen LogP contribution is 2.32. The van der Waals surface area contributed by atoms with Crippen LogP contribution in [0.25, 0.3) is 0 Å². The smallest absolute Gasteiger partial charge is 0.225 e. The second kappa shape index (κ2) is 7.58. The van der Waals surface area contributed by atoms with Crippen LogP contribution in [0.15, 0.2) is 42.5 Å². The minimum absolute atomic E-state index is 0.0582. The van der Waals surface area contributed by atoms with Crippen LogP contribution in [-0.2, 0) is 16.8 Å². The number of methoxy groups -OCH3 is 2. The monoisotopic (exact) mass is 347 g/mol. The zero-order valence-electron chi connectivity index (χ0n) is 14.4. The van der Waals surface area contributed by atoms with Gasteiger partial charge in [-0.1, -0.05) is 29.8 Å². The van der Waals surface area contributed by atoms with Gasteiger partial charge in [0.1, 0.15) is 0 Å². The van der Waals surface area contributed by atoms with E-state index in [0.717, 1.165) is 11.1 Å². The first-order valence-corrected chi connectivity index (χ1v) is 8.01. The quantitative estimate of drug-likeness (QED) is 0.860. The molecule has 0 aliphatic rings. The first-order chi connectivity index (χ1) is 11.4. The van der Waals surface area contributed by atoms with E-state index in [4.69, 9.17) is 21.1 Å². The molecule has 24 heavy (non-hydrogen) atoms. The van der Waals surface area contributed by atoms with E-state index in [0.29, 0.717) is 22.9 Å². The lowest BCUT2D eigenvalue weighted by Gasteiger charge is -2.27. The Hall–Kier alpha value is -2.20. The first-order valence-electron chi connectivity index (χ1n) is 7.63. The molecule has 5 heteroatoms. The fraction of sp³-hybridized carbons (Fsp3) is 0.316. The number of hydrogen-bond donors (Lipinski definition) is 1. The molecule has 0 saturated heterocycles. The molecule has 0 bridgehead atoms. The Morgan fingerprint density at radius 3 is 2.25 bits per heavy atom. The summed E-state index contributed by atoms with van der Waals surface area (Å²) in [6, 6.07) is 12.9. The van der Waals surface area contributed by atoms with Crippen molar-refractivity contribution in [3.8, 4) is 11.5 Å². The Kier molecular flexibility index (Phi) is 5.73. The molecule has 0 aliphatic carbocycles. The predicted molar refractivity (Wildman–Crippen MR) is 95.9 cm³/mol. The first kappa shape index (κ1) is 18.1. The second-order valence-electron chi connectivity index (χ2n) is 6.05. The molecule has 128 valence electrons. The highest BCUT2D eigenvalue weighted by Gasteiger charge is 2.24. The molecule has 0 fully saturated rings. The summed E-state index contributed by atoms with van der Waals surface area (Å²) in [4.78, 5) is 12.4. The maximum Gasteiger partial charge on any atom is 0.225 e. The minimum atomic E-state index is -0.539. The van der Waals surface area contributed by atoms with E-state index in [-0.39, 0.29) is 5.91 Å². The van der Waals surface area contributed by atoms with Crippen molar-refractivity contribution in [3.05, 3.63) is 58.6 Å². The molecule has 0 unspecified atom stereocenters. The zero-order chi connectivity index (χ0) is 17.7. The van der Waals surface area contributed by atoms with Gasteiger partial charge in [-0.25, -0.2) is 0 Å². The number of benzene rings is 2. The third kappa shape index (κ3) is 4.42. The Morgan fingerprint density at radius 2 is 1.67 bits per heavy atom. The van der Waals surface area contributed by atoms with Gasteiger partial charge in [0, 0.05) is 5.02 Å². The van der Waals surface area contributed by atoms with Crippen LogP contribution in [0, 0.1) is 0 Å². The molecule has 2 aromatic carbocycles. The van der Waals surface area contributed by atoms with E-state index in [9.17, 15) is 4.79 Å². The van der Waals surface area contributed by atoms with Gasteiger partial charge in [0.05, 0.1) is 26.2 Å². The van der Waals surface area contributed by atoms with Crippen LogP contribution >= 0.6 is 11.6 Å². The number of ether oxygens (including phenoxy) is 2. The van der Waals surface area contributed by atoms with Crippen molar-refractivity contribution in [1.82, 2.24) is 5.32 Å². The number of halogens is 1. The topological polar surface area (TPSA) is 47.6 Å². The van der Waals surface area contributed by atoms with Crippen LogP contribution in [0.2, 0.25) is 5.02 Å². The molecule has 1 N–H and O–H groups in total. The summed E-state index contributed by atoms with van der Waals surface area (Å²) in [7, 11) is 3.18. The lowest BCUT2D eigenvalue weighted by molar-refractivity contribution is -0.122. The van der Waals surface area contributed by atoms with Crippen molar-refractivity contribution in [2.75, 3.05) is 14.2 Å². The Labute approximate surface area is 147 Å². The fourth-order valence-electron chi connectivity index (χ4n) is 2.48. The third-order valence-corrected chi connectivity index (χ3v) is 4.09. The van der Waals surface area contributed by atoms with Gasteiger partial charge in [-0.05, 0) is 49.2 Å². The second-order valence-corrected chi connectivity index (χ2v) is 6.48. The largest absolute Gasteiger partial charge is 0.493 e. The van der Waals surface area contributed by atoms with Crippen LogP contribution < -0.4 is 14.8 Å². The molecule has 0 atom stereocenters. The number of carbonyl (C=O) groups excluding carboxylic acids is 1. The third-order valence-electron chi connectivity index (χ3n) is 3.84. The Balaban J connectivity index is 2.12. The number of nitrogens with one attached hydrogen (secondary N) is 1. The van der Waals surface area contributed by atoms with Gasteiger partial charge in [-0.3, -0.25) is 4.79 Å². The van der Waals surface area contributed by atoms with Crippen LogP contribution in [-0.4, -0.2) is 20.1 Å². The molecule has 2 aromatic rings. The Morgan fingerprint density at radius 1 is 1.04 bits per heavy atom. The van der Waals surface area contributed by atoms with Crippen LogP contribution in [0.3, 0.4) is 0 Å². The SMILES string of the molecule is COc1ccc(C(C)(C)NC(=O)Cc2ccc(Cl)cc2)cc1OC. The van der Waals surface area contributed by atoms with Gasteiger partial charge >= 0.3 is 0 Å². The molecular weight excluding hydrogens is 326 g/mol. The summed E-state index contributed by atoms with van der Waals surface area (Å²) < 4.78 is 10.6. The summed E-state index contributed by atoms with van der Waals surface area (Å²) in [5.74, 6) is 1.23. The lowest BCUT2D eigenvalue weighted by Crippen LogP contribution is -2.41. The predicted octanol–water partition coefficient (Wildman–Crippen LogP) is 3.95. The number of rotatable bonds is 6. The van der Waals surface area contributed by atoms with Crippen molar-refractivity contribution in [3.63, 3.8) is 0 Å². The summed E-state index contributed by atoms with van der Waals surface area (Å²) in [6.07, 6.45) is 0.299. The molecule has 0 aromatic heterocycles. The van der Waals surface area contributed by atoms with Crippen molar-refractivity contribution < 1.29 is 14.3 Å². The van der Waals surface area contributed by atoms with Crippen LogP contribution in [0.5, 0.6) is 11.5 Å². The van der Waals surface area contributed by atoms with Gasteiger partial charge in [-0.2, -0.15) is 0 Å². The van der Waals surface area contributed by atoms with Gasteiger partial charge in [0.15, 0.2) is 11.5 Å². The number of amides is 1. The van der Waals surface area contributed by atoms with Gasteiger partial charge in [-0.15, -0.1) is 0 Å². The summed E-state index contributed by atoms with van der Waals surface area (Å²) in [6.45, 7) is 3.90. The molecule has 0 aliphatic heterocycles. The average Bonchev–Trinajstić information content (AvgIpc) is 2.55. The summed E-state index contributed by atoms with van der Waals surface area (Å²) >= 11 is 5.87. The summed E-state index contributed by atoms with van der Waals surface area (Å²) in [5, 5.41) is 3.71. The Bertz CT molecular complexity index is 711. The van der Waals surface area contributed by atoms with Crippen LogP contribution in [0.1, 0.15) is 25.0 Å². The van der Waals surface area contributed by atoms with E-state index in [1.54, 1.807) is 26.4 Å². The van der Waals surface area contributed by atoms with E-state index >= 15 is 0 Å². The highest BCUT2D eigenvalue weighted by molar-refractivity contribution is 6.30. The van der Waals surface area contributed by atoms with Crippen LogP contribution in [0.4, 0.5) is 0 Å². The fourth-order valence-corrected chi connectivity index (χ4v) is 2.60. The number of hydrogen-bond acceptors (Lipinski definition) is 3. The minimum Gasteiger partial charge on any atom is -0.493 e. The van der Waals surface area contributed by atoms with E-state index in [1.165, 1.54) is 0 Å². The molecular formula is C19H22ClNO3. The molecule has 0 saturated carbocycles. The van der Waals surface area contributed by atoms with Crippen molar-refractivity contribution in [2.24, 2.45) is 0 Å². The zero-order valence-corrected chi connectivity index (χ0v) is 15.1. The van der Waals surface area contributed by atoms with Gasteiger partial charge in [0.2, 0.25) is 5.91 Å². The van der Waals surface area contributed by atoms with Crippen molar-refractivity contribution >= 4 is 17.5 Å². The summed E-state index contributed by atoms with van der Waals surface area (Å²) in [5.41, 5.74) is 1.31. The molecule has 0 heterocycles. The lowest BCUT2D eigenvalue weighted by atomic mass is 9.93. The highest BCUT2D eigenvalue weighted by atomic mass is 35.5. The van der Waals surface area contributed by atoms with Gasteiger partial charge < -0.3 is 14.8 Å². The van der Waals surface area contributed by atoms with Gasteiger partial charge in [0.25, 0.3) is 0 Å². The maximum atomic E-state index is 12.4. The van der Waals surface area contributed by atoms with E-state index in [2.05, 4.69) is 5.32 Å². The van der Waals surface area contributed by atoms with Crippen molar-refractivity contribution in [1.29, 1.82) is 0 Å². The number of carbonyl (C=O) groups is 1. The standard InChI is InChI=1S/C19H22ClNO3/c1-19(2,14-7-10-16(23-3)17(12-14)24-4)21-18(22)11-13-5-8-15(20)9-6-13/h5-10,12H,11H2,1-4H3,(H,21,22). The van der Waals surface area contributed by atoms with E-state index in [1.807, 2.05) is 44.2 Å². The maximum absolute atomic E-state index is 12.4. The average molecular weight is 348 g/mol. The molecule has 4 nitrogen and oxygen atoms in total. The molecule has 0 spiro atoms. The van der Waals surface area contributed by atoms with Crippen molar-refractivity contribution in [2.45, 2.75) is 25.8 Å². The normalized spacial score (nSPS) is 11.0. The molecule has 1 amide bonds. The molecule has 2 rings (SSSR count). The molecule has 0 radical (unpaired) electrons. The van der Waals surface area contributed by atoms with E-state index < -0.39 is 5.54 Å².